The van der Waals surface area contributed by atoms with E-state index in [1.807, 2.05) is 30.3 Å². The highest BCUT2D eigenvalue weighted by Gasteiger charge is 2.08. The molecule has 0 radical (unpaired) electrons. The lowest BCUT2D eigenvalue weighted by atomic mass is 9.97. The van der Waals surface area contributed by atoms with Crippen LogP contribution in [-0.2, 0) is 11.2 Å². The molecule has 2 aromatic carbocycles. The Bertz CT molecular complexity index is 860. The molecule has 1 heterocycles. The van der Waals surface area contributed by atoms with Gasteiger partial charge >= 0.3 is 0 Å². The Hall–Kier alpha value is -2.88. The first-order chi connectivity index (χ1) is 11.7. The third-order valence-electron chi connectivity index (χ3n) is 3.98. The van der Waals surface area contributed by atoms with Gasteiger partial charge in [0.2, 0.25) is 5.91 Å². The Balaban J connectivity index is 2.07. The van der Waals surface area contributed by atoms with Crippen LogP contribution in [0.3, 0.4) is 0 Å². The summed E-state index contributed by atoms with van der Waals surface area (Å²) in [5, 5.41) is 5.13. The lowest BCUT2D eigenvalue weighted by Gasteiger charge is -2.12. The minimum atomic E-state index is -0.0160. The molecule has 0 saturated carbocycles. The van der Waals surface area contributed by atoms with Crippen molar-refractivity contribution in [2.24, 2.45) is 0 Å². The molecule has 1 aromatic heterocycles. The first kappa shape index (κ1) is 16.0. The van der Waals surface area contributed by atoms with Gasteiger partial charge in [-0.3, -0.25) is 9.78 Å². The average Bonchev–Trinajstić information content (AvgIpc) is 2.61. The van der Waals surface area contributed by atoms with Crippen LogP contribution in [0.15, 0.2) is 54.7 Å². The number of nitrogens with one attached hydrogen (secondary N) is 1. The van der Waals surface area contributed by atoms with Crippen LogP contribution in [0, 0.1) is 0 Å². The average molecular weight is 320 g/mol. The van der Waals surface area contributed by atoms with Gasteiger partial charge in [0.15, 0.2) is 0 Å². The number of fused-ring (bicyclic) bond motifs is 1. The van der Waals surface area contributed by atoms with Crippen LogP contribution >= 0.6 is 0 Å². The number of hydrogen-bond acceptors (Lipinski definition) is 3. The van der Waals surface area contributed by atoms with Gasteiger partial charge in [0.25, 0.3) is 0 Å². The summed E-state index contributed by atoms with van der Waals surface area (Å²) in [6.45, 7) is 2.14. The second-order valence-corrected chi connectivity index (χ2v) is 5.67. The number of carbonyl (C=O) groups excluding carboxylic acids is 1. The van der Waals surface area contributed by atoms with E-state index in [1.54, 1.807) is 13.3 Å². The molecule has 0 aliphatic heterocycles. The molecule has 0 aliphatic rings. The van der Waals surface area contributed by atoms with Gasteiger partial charge in [-0.2, -0.15) is 0 Å². The van der Waals surface area contributed by atoms with E-state index in [9.17, 15) is 4.79 Å². The fourth-order valence-electron chi connectivity index (χ4n) is 2.80. The third kappa shape index (κ3) is 3.54. The zero-order valence-electron chi connectivity index (χ0n) is 13.9. The topological polar surface area (TPSA) is 51.2 Å². The van der Waals surface area contributed by atoms with Crippen molar-refractivity contribution in [3.05, 3.63) is 60.3 Å². The minimum Gasteiger partial charge on any atom is -0.497 e. The van der Waals surface area contributed by atoms with Crippen molar-refractivity contribution in [2.45, 2.75) is 13.3 Å². The van der Waals surface area contributed by atoms with E-state index >= 15 is 0 Å². The van der Waals surface area contributed by atoms with Crippen LogP contribution in [0.5, 0.6) is 5.75 Å². The van der Waals surface area contributed by atoms with E-state index in [0.717, 1.165) is 34.2 Å². The zero-order chi connectivity index (χ0) is 16.9. The van der Waals surface area contributed by atoms with Crippen LogP contribution < -0.4 is 10.1 Å². The van der Waals surface area contributed by atoms with E-state index in [4.69, 9.17) is 4.74 Å². The molecule has 0 spiro atoms. The maximum atomic E-state index is 11.1. The van der Waals surface area contributed by atoms with Crippen molar-refractivity contribution in [2.75, 3.05) is 13.7 Å². The number of pyridine rings is 1. The van der Waals surface area contributed by atoms with Gasteiger partial charge in [0.1, 0.15) is 5.75 Å². The molecule has 0 bridgehead atoms. The second-order valence-electron chi connectivity index (χ2n) is 5.67. The number of rotatable bonds is 5. The Morgan fingerprint density at radius 3 is 2.75 bits per heavy atom. The molecular weight excluding hydrogens is 300 g/mol. The molecule has 0 saturated heterocycles. The monoisotopic (exact) mass is 320 g/mol. The highest BCUT2D eigenvalue weighted by atomic mass is 16.5. The largest absolute Gasteiger partial charge is 0.497 e. The standard InChI is InChI=1S/C20H20N2O2/c1-14(23)21-10-8-16-12-17(20-5-3-4-9-22-20)11-15-6-7-18(24-2)13-19(15)16/h3-7,9,11-13H,8,10H2,1-2H3,(H,21,23). The maximum Gasteiger partial charge on any atom is 0.216 e. The molecule has 122 valence electrons. The molecule has 24 heavy (non-hydrogen) atoms. The van der Waals surface area contributed by atoms with E-state index in [1.165, 1.54) is 12.5 Å². The van der Waals surface area contributed by atoms with Crippen LogP contribution in [0.2, 0.25) is 0 Å². The summed E-state index contributed by atoms with van der Waals surface area (Å²) in [6, 6.07) is 16.2. The number of hydrogen-bond donors (Lipinski definition) is 1. The molecule has 0 atom stereocenters. The molecule has 3 rings (SSSR count). The smallest absolute Gasteiger partial charge is 0.216 e. The van der Waals surface area contributed by atoms with Gasteiger partial charge in [0, 0.05) is 25.2 Å². The highest BCUT2D eigenvalue weighted by Crippen LogP contribution is 2.29. The zero-order valence-corrected chi connectivity index (χ0v) is 13.9. The highest BCUT2D eigenvalue weighted by molar-refractivity contribution is 5.91. The Kier molecular flexibility index (Phi) is 4.75. The number of ether oxygens (including phenoxy) is 1. The molecule has 0 aliphatic carbocycles. The van der Waals surface area contributed by atoms with Gasteiger partial charge in [-0.1, -0.05) is 12.1 Å². The summed E-state index contributed by atoms with van der Waals surface area (Å²) in [5.74, 6) is 0.812. The Morgan fingerprint density at radius 1 is 1.17 bits per heavy atom. The van der Waals surface area contributed by atoms with Crippen molar-refractivity contribution < 1.29 is 9.53 Å². The van der Waals surface area contributed by atoms with Crippen LogP contribution in [0.4, 0.5) is 0 Å². The van der Waals surface area contributed by atoms with Crippen LogP contribution in [0.25, 0.3) is 22.0 Å². The van der Waals surface area contributed by atoms with Crippen molar-refractivity contribution in [1.82, 2.24) is 10.3 Å². The number of methoxy groups -OCH3 is 1. The van der Waals surface area contributed by atoms with Gasteiger partial charge in [0.05, 0.1) is 12.8 Å². The van der Waals surface area contributed by atoms with Crippen LogP contribution in [0.1, 0.15) is 12.5 Å². The molecule has 4 nitrogen and oxygen atoms in total. The second kappa shape index (κ2) is 7.13. The van der Waals surface area contributed by atoms with E-state index < -0.39 is 0 Å². The number of benzene rings is 2. The lowest BCUT2D eigenvalue weighted by molar-refractivity contribution is -0.118. The number of nitrogens with zero attached hydrogens (tertiary/aromatic N) is 1. The van der Waals surface area contributed by atoms with Crippen molar-refractivity contribution in [3.8, 4) is 17.0 Å². The van der Waals surface area contributed by atoms with Crippen molar-refractivity contribution >= 4 is 16.7 Å². The summed E-state index contributed by atoms with van der Waals surface area (Å²) in [7, 11) is 1.67. The number of amides is 1. The summed E-state index contributed by atoms with van der Waals surface area (Å²) < 4.78 is 5.35. The van der Waals surface area contributed by atoms with E-state index in [-0.39, 0.29) is 5.91 Å². The third-order valence-corrected chi connectivity index (χ3v) is 3.98. The van der Waals surface area contributed by atoms with E-state index in [0.29, 0.717) is 6.54 Å². The summed E-state index contributed by atoms with van der Waals surface area (Å²) >= 11 is 0. The predicted molar refractivity (Wildman–Crippen MR) is 96.1 cm³/mol. The number of aromatic nitrogens is 1. The maximum absolute atomic E-state index is 11.1. The molecule has 1 N–H and O–H groups in total. The molecular formula is C20H20N2O2. The molecule has 0 fully saturated rings. The fourth-order valence-corrected chi connectivity index (χ4v) is 2.80. The first-order valence-corrected chi connectivity index (χ1v) is 7.94. The lowest BCUT2D eigenvalue weighted by Crippen LogP contribution is -2.22. The quantitative estimate of drug-likeness (QED) is 0.781. The van der Waals surface area contributed by atoms with Gasteiger partial charge in [-0.05, 0) is 59.2 Å². The Morgan fingerprint density at radius 2 is 2.04 bits per heavy atom. The van der Waals surface area contributed by atoms with Gasteiger partial charge in [-0.25, -0.2) is 0 Å². The SMILES string of the molecule is COc1ccc2cc(-c3ccccn3)cc(CCNC(C)=O)c2c1. The molecule has 0 unspecified atom stereocenters. The van der Waals surface area contributed by atoms with E-state index in [2.05, 4.69) is 28.5 Å². The van der Waals surface area contributed by atoms with Gasteiger partial charge < -0.3 is 10.1 Å². The molecule has 3 aromatic rings. The number of carbonyl (C=O) groups is 1. The van der Waals surface area contributed by atoms with Crippen molar-refractivity contribution in [1.29, 1.82) is 0 Å². The first-order valence-electron chi connectivity index (χ1n) is 7.94. The minimum absolute atomic E-state index is 0.0160. The fraction of sp³-hybridized carbons (Fsp3) is 0.200. The summed E-state index contributed by atoms with van der Waals surface area (Å²) in [5.41, 5.74) is 3.18. The predicted octanol–water partition coefficient (Wildman–Crippen LogP) is 3.59. The van der Waals surface area contributed by atoms with Crippen molar-refractivity contribution in [3.63, 3.8) is 0 Å². The summed E-state index contributed by atoms with van der Waals surface area (Å²) in [4.78, 5) is 15.6. The molecule has 1 amide bonds. The van der Waals surface area contributed by atoms with Gasteiger partial charge in [-0.15, -0.1) is 0 Å². The summed E-state index contributed by atoms with van der Waals surface area (Å²) in [6.07, 6.45) is 2.55. The molecule has 4 heteroatoms. The van der Waals surface area contributed by atoms with Crippen LogP contribution in [-0.4, -0.2) is 24.5 Å². The normalized spacial score (nSPS) is 10.6. The Labute approximate surface area is 141 Å².